The van der Waals surface area contributed by atoms with Gasteiger partial charge in [-0.2, -0.15) is 0 Å². The fraction of sp³-hybridized carbons (Fsp3) is 0.364. The maximum atomic E-state index is 11.4. The molecule has 0 saturated heterocycles. The van der Waals surface area contributed by atoms with Gasteiger partial charge in [-0.1, -0.05) is 0 Å². The summed E-state index contributed by atoms with van der Waals surface area (Å²) in [5.41, 5.74) is 1.22. The molecule has 0 N–H and O–H groups in total. The third kappa shape index (κ3) is 1.64. The summed E-state index contributed by atoms with van der Waals surface area (Å²) in [6, 6.07) is 0. The average molecular weight is 220 g/mol. The van der Waals surface area contributed by atoms with Crippen LogP contribution in [0.15, 0.2) is 33.6 Å². The standard InChI is InChI=1S/C11H14N3O2/c1-8(2)16-14-11(5-4-6-12-14)10(7-13-14)9(3)15/h4-8H,1-3H3/q+1. The van der Waals surface area contributed by atoms with Crippen LogP contribution in [0.1, 0.15) is 20.8 Å². The van der Waals surface area contributed by atoms with Gasteiger partial charge in [0.15, 0.2) is 5.78 Å². The molecule has 0 aromatic heterocycles. The molecule has 5 heteroatoms. The quantitative estimate of drug-likeness (QED) is 0.677. The zero-order valence-corrected chi connectivity index (χ0v) is 9.54. The summed E-state index contributed by atoms with van der Waals surface area (Å²) in [4.78, 5) is 16.8. The molecule has 5 nitrogen and oxygen atoms in total. The Balaban J connectivity index is 2.46. The van der Waals surface area contributed by atoms with Gasteiger partial charge in [-0.15, -0.1) is 4.84 Å². The normalized spacial score (nSPS) is 26.8. The van der Waals surface area contributed by atoms with Crippen molar-refractivity contribution in [1.82, 2.24) is 0 Å². The smallest absolute Gasteiger partial charge is 0.236 e. The Hall–Kier alpha value is -1.59. The first-order valence-corrected chi connectivity index (χ1v) is 5.16. The Morgan fingerprint density at radius 1 is 1.44 bits per heavy atom. The van der Waals surface area contributed by atoms with E-state index in [0.29, 0.717) is 11.3 Å². The summed E-state index contributed by atoms with van der Waals surface area (Å²) < 4.78 is 0. The van der Waals surface area contributed by atoms with E-state index in [0.717, 1.165) is 0 Å². The van der Waals surface area contributed by atoms with Gasteiger partial charge in [-0.3, -0.25) is 4.79 Å². The summed E-state index contributed by atoms with van der Waals surface area (Å²) in [5, 5.41) is 8.37. The van der Waals surface area contributed by atoms with Crippen LogP contribution < -0.4 is 0 Å². The van der Waals surface area contributed by atoms with Gasteiger partial charge in [-0.05, 0) is 37.1 Å². The van der Waals surface area contributed by atoms with Crippen molar-refractivity contribution in [3.05, 3.63) is 23.4 Å². The minimum absolute atomic E-state index is 0.0344. The number of hydroxylamine groups is 1. The third-order valence-electron chi connectivity index (χ3n) is 2.23. The van der Waals surface area contributed by atoms with E-state index in [1.165, 1.54) is 13.1 Å². The maximum Gasteiger partial charge on any atom is 0.236 e. The minimum atomic E-state index is -0.302. The predicted molar refractivity (Wildman–Crippen MR) is 60.3 cm³/mol. The summed E-state index contributed by atoms with van der Waals surface area (Å²) in [7, 11) is 0. The van der Waals surface area contributed by atoms with Crippen molar-refractivity contribution in [3.63, 3.8) is 0 Å². The van der Waals surface area contributed by atoms with Gasteiger partial charge >= 0.3 is 0 Å². The van der Waals surface area contributed by atoms with E-state index < -0.39 is 0 Å². The molecule has 2 aliphatic heterocycles. The lowest BCUT2D eigenvalue weighted by Crippen LogP contribution is -2.38. The van der Waals surface area contributed by atoms with E-state index in [1.807, 2.05) is 13.8 Å². The monoisotopic (exact) mass is 220 g/mol. The van der Waals surface area contributed by atoms with Crippen molar-refractivity contribution < 1.29 is 14.5 Å². The van der Waals surface area contributed by atoms with E-state index in [4.69, 9.17) is 4.84 Å². The van der Waals surface area contributed by atoms with Crippen LogP contribution in [0, 0.1) is 0 Å². The van der Waals surface area contributed by atoms with E-state index in [1.54, 1.807) is 18.4 Å². The number of carbonyl (C=O) groups excluding carboxylic acids is 1. The number of nitrogens with zero attached hydrogens (tertiary/aromatic N) is 3. The average Bonchev–Trinajstić information content (AvgIpc) is 2.55. The van der Waals surface area contributed by atoms with Crippen LogP contribution in [0.5, 0.6) is 0 Å². The Bertz CT molecular complexity index is 446. The molecule has 16 heavy (non-hydrogen) atoms. The maximum absolute atomic E-state index is 11.4. The second-order valence-electron chi connectivity index (χ2n) is 3.92. The minimum Gasteiger partial charge on any atom is -0.294 e. The number of quaternary nitrogens is 1. The van der Waals surface area contributed by atoms with Gasteiger partial charge in [0.2, 0.25) is 5.70 Å². The molecular formula is C11H14N3O2+. The Morgan fingerprint density at radius 3 is 2.81 bits per heavy atom. The highest BCUT2D eigenvalue weighted by molar-refractivity contribution is 6.13. The number of carbonyl (C=O) groups is 1. The zero-order chi connectivity index (χ0) is 11.8. The summed E-state index contributed by atoms with van der Waals surface area (Å²) in [5.74, 6) is -0.0344. The molecule has 0 bridgehead atoms. The lowest BCUT2D eigenvalue weighted by atomic mass is 10.1. The second-order valence-corrected chi connectivity index (χ2v) is 3.92. The molecule has 2 aliphatic rings. The zero-order valence-electron chi connectivity index (χ0n) is 9.54. The van der Waals surface area contributed by atoms with Crippen molar-refractivity contribution in [2.75, 3.05) is 0 Å². The first-order chi connectivity index (χ1) is 7.55. The van der Waals surface area contributed by atoms with Gasteiger partial charge in [0.25, 0.3) is 0 Å². The van der Waals surface area contributed by atoms with Crippen molar-refractivity contribution >= 4 is 18.2 Å². The number of ketones is 1. The topological polar surface area (TPSA) is 51.0 Å². The first-order valence-electron chi connectivity index (χ1n) is 5.16. The van der Waals surface area contributed by atoms with E-state index >= 15 is 0 Å². The van der Waals surface area contributed by atoms with Gasteiger partial charge in [0.05, 0.1) is 11.1 Å². The number of hydrogen-bond donors (Lipinski definition) is 0. The molecule has 1 atom stereocenters. The molecule has 0 fully saturated rings. The second kappa shape index (κ2) is 3.77. The lowest BCUT2D eigenvalue weighted by Gasteiger charge is -2.23. The Morgan fingerprint density at radius 2 is 2.19 bits per heavy atom. The van der Waals surface area contributed by atoms with Crippen molar-refractivity contribution in [3.8, 4) is 0 Å². The van der Waals surface area contributed by atoms with E-state index in [2.05, 4.69) is 10.2 Å². The molecule has 0 radical (unpaired) electrons. The van der Waals surface area contributed by atoms with Crippen LogP contribution in [0.2, 0.25) is 0 Å². The Labute approximate surface area is 93.9 Å². The SMILES string of the molecule is CC(=O)C1=C2C=CC=N[N+]2(OC(C)C)N=C1. The number of allylic oxidation sites excluding steroid dienone is 3. The van der Waals surface area contributed by atoms with Crippen LogP contribution in [0.25, 0.3) is 0 Å². The van der Waals surface area contributed by atoms with E-state index in [9.17, 15) is 4.79 Å². The third-order valence-corrected chi connectivity index (χ3v) is 2.23. The highest BCUT2D eigenvalue weighted by Crippen LogP contribution is 2.32. The summed E-state index contributed by atoms with van der Waals surface area (Å²) in [6.45, 7) is 5.31. The fourth-order valence-electron chi connectivity index (χ4n) is 1.64. The molecule has 2 rings (SSSR count). The number of hydrogen-bond acceptors (Lipinski definition) is 4. The highest BCUT2D eigenvalue weighted by atomic mass is 16.8. The number of fused-ring (bicyclic) bond motifs is 1. The van der Waals surface area contributed by atoms with Crippen LogP contribution >= 0.6 is 0 Å². The molecule has 0 aliphatic carbocycles. The van der Waals surface area contributed by atoms with Crippen LogP contribution in [-0.4, -0.2) is 29.2 Å². The molecule has 2 heterocycles. The fourth-order valence-corrected chi connectivity index (χ4v) is 1.64. The molecule has 1 unspecified atom stereocenters. The molecule has 84 valence electrons. The molecule has 0 aromatic carbocycles. The van der Waals surface area contributed by atoms with Crippen molar-refractivity contribution in [2.24, 2.45) is 10.2 Å². The van der Waals surface area contributed by atoms with Crippen LogP contribution in [0.3, 0.4) is 0 Å². The van der Waals surface area contributed by atoms with Gasteiger partial charge in [-0.25, -0.2) is 0 Å². The number of Topliss-reactive ketones (excluding diaryl/α,β-unsaturated/α-hetero) is 1. The van der Waals surface area contributed by atoms with Gasteiger partial charge in [0, 0.05) is 6.08 Å². The van der Waals surface area contributed by atoms with Gasteiger partial charge in [0.1, 0.15) is 17.9 Å². The van der Waals surface area contributed by atoms with Crippen LogP contribution in [-0.2, 0) is 9.63 Å². The molecule has 0 aromatic rings. The molecule has 0 saturated carbocycles. The lowest BCUT2D eigenvalue weighted by molar-refractivity contribution is -1.09. The molecule has 0 spiro atoms. The predicted octanol–water partition coefficient (Wildman–Crippen LogP) is 1.54. The van der Waals surface area contributed by atoms with Gasteiger partial charge < -0.3 is 0 Å². The summed E-state index contributed by atoms with van der Waals surface area (Å²) >= 11 is 0. The van der Waals surface area contributed by atoms with Crippen LogP contribution in [0.4, 0.5) is 0 Å². The molecule has 0 amide bonds. The highest BCUT2D eigenvalue weighted by Gasteiger charge is 2.44. The van der Waals surface area contributed by atoms with E-state index in [-0.39, 0.29) is 16.8 Å². The molecular weight excluding hydrogens is 206 g/mol. The van der Waals surface area contributed by atoms with Crippen molar-refractivity contribution in [1.29, 1.82) is 0 Å². The Kier molecular flexibility index (Phi) is 2.57. The first kappa shape index (κ1) is 10.9. The van der Waals surface area contributed by atoms with Crippen molar-refractivity contribution in [2.45, 2.75) is 26.9 Å². The summed E-state index contributed by atoms with van der Waals surface area (Å²) in [6.07, 6.45) is 6.67. The largest absolute Gasteiger partial charge is 0.294 e. The number of rotatable bonds is 3.